The average Bonchev–Trinajstić information content (AvgIpc) is 2.86. The highest BCUT2D eigenvalue weighted by molar-refractivity contribution is 7.13. The number of halogens is 1. The molecule has 0 radical (unpaired) electrons. The molecule has 2 rings (SSSR count). The minimum Gasteiger partial charge on any atom is -0.360 e. The monoisotopic (exact) mass is 267 g/mol. The number of anilines is 1. The molecule has 0 bridgehead atoms. The van der Waals surface area contributed by atoms with Gasteiger partial charge in [0.2, 0.25) is 0 Å². The van der Waals surface area contributed by atoms with E-state index in [1.165, 1.54) is 0 Å². The van der Waals surface area contributed by atoms with Gasteiger partial charge in [-0.1, -0.05) is 13.0 Å². The highest BCUT2D eigenvalue weighted by atomic mass is 32.1. The predicted octanol–water partition coefficient (Wildman–Crippen LogP) is 2.96. The van der Waals surface area contributed by atoms with Crippen LogP contribution in [0.5, 0.6) is 0 Å². The maximum Gasteiger partial charge on any atom is 0.182 e. The molecule has 0 saturated heterocycles. The summed E-state index contributed by atoms with van der Waals surface area (Å²) < 4.78 is 13.4. The second kappa shape index (κ2) is 6.66. The van der Waals surface area contributed by atoms with Crippen LogP contribution in [0.4, 0.5) is 9.52 Å². The van der Waals surface area contributed by atoms with Crippen molar-refractivity contribution in [2.24, 2.45) is 5.92 Å². The van der Waals surface area contributed by atoms with Gasteiger partial charge in [0.1, 0.15) is 5.83 Å². The third-order valence-corrected chi connectivity index (χ3v) is 3.60. The lowest BCUT2D eigenvalue weighted by Crippen LogP contribution is -2.24. The Hall–Kier alpha value is -1.20. The molecule has 1 atom stereocenters. The summed E-state index contributed by atoms with van der Waals surface area (Å²) in [5, 5.41) is 9.38. The summed E-state index contributed by atoms with van der Waals surface area (Å²) in [5.74, 6) is 0.0375. The molecule has 0 aliphatic heterocycles. The Bertz CT molecular complexity index is 425. The highest BCUT2D eigenvalue weighted by Crippen LogP contribution is 2.23. The van der Waals surface area contributed by atoms with Gasteiger partial charge in [-0.2, -0.15) is 0 Å². The van der Waals surface area contributed by atoms with Crippen molar-refractivity contribution in [2.45, 2.75) is 13.3 Å². The van der Waals surface area contributed by atoms with Gasteiger partial charge < -0.3 is 10.6 Å². The number of nitrogens with one attached hydrogen (secondary N) is 2. The molecule has 1 unspecified atom stereocenters. The van der Waals surface area contributed by atoms with Crippen LogP contribution in [0.15, 0.2) is 35.1 Å². The van der Waals surface area contributed by atoms with E-state index in [2.05, 4.69) is 21.7 Å². The van der Waals surface area contributed by atoms with Crippen LogP contribution in [-0.4, -0.2) is 24.6 Å². The molecule has 0 fully saturated rings. The summed E-state index contributed by atoms with van der Waals surface area (Å²) >= 11 is 1.59. The van der Waals surface area contributed by atoms with Crippen LogP contribution < -0.4 is 10.6 Å². The Labute approximate surface area is 111 Å². The van der Waals surface area contributed by atoms with E-state index in [1.54, 1.807) is 23.6 Å². The zero-order valence-electron chi connectivity index (χ0n) is 10.4. The lowest BCUT2D eigenvalue weighted by molar-refractivity contribution is 0.487. The molecule has 0 spiro atoms. The Balaban J connectivity index is 1.61. The van der Waals surface area contributed by atoms with E-state index in [0.717, 1.165) is 36.8 Å². The van der Waals surface area contributed by atoms with E-state index in [-0.39, 0.29) is 11.7 Å². The minimum atomic E-state index is -0.00443. The number of nitrogens with zero attached hydrogens (tertiary/aromatic N) is 1. The van der Waals surface area contributed by atoms with Gasteiger partial charge in [0, 0.05) is 37.1 Å². The van der Waals surface area contributed by atoms with E-state index >= 15 is 0 Å². The lowest BCUT2D eigenvalue weighted by Gasteiger charge is -2.15. The second-order valence-electron chi connectivity index (χ2n) is 4.39. The fraction of sp³-hybridized carbons (Fsp3) is 0.462. The standard InChI is InChI=1S/C13H18FN3S/c1-10-2-3-11(8-12(10)14)9-15-4-5-16-13-17-6-7-18-13/h3,6-8,10,15H,2,4-5,9H2,1H3,(H,16,17). The van der Waals surface area contributed by atoms with Crippen molar-refractivity contribution in [2.75, 3.05) is 25.0 Å². The molecular weight excluding hydrogens is 249 g/mol. The van der Waals surface area contributed by atoms with Crippen molar-refractivity contribution in [3.63, 3.8) is 0 Å². The molecule has 0 amide bonds. The van der Waals surface area contributed by atoms with Crippen molar-refractivity contribution in [3.05, 3.63) is 35.1 Å². The van der Waals surface area contributed by atoms with Crippen LogP contribution >= 0.6 is 11.3 Å². The van der Waals surface area contributed by atoms with Crippen molar-refractivity contribution in [1.29, 1.82) is 0 Å². The van der Waals surface area contributed by atoms with Crippen LogP contribution in [0, 0.1) is 5.92 Å². The third kappa shape index (κ3) is 3.92. The minimum absolute atomic E-state index is 0.00443. The van der Waals surface area contributed by atoms with Crippen LogP contribution in [0.3, 0.4) is 0 Å². The molecule has 3 nitrogen and oxygen atoms in total. The molecular formula is C13H18FN3S. The van der Waals surface area contributed by atoms with E-state index in [0.29, 0.717) is 0 Å². The topological polar surface area (TPSA) is 37.0 Å². The Kier molecular flexibility index (Phi) is 4.90. The van der Waals surface area contributed by atoms with Gasteiger partial charge in [-0.25, -0.2) is 9.37 Å². The fourth-order valence-electron chi connectivity index (χ4n) is 1.74. The van der Waals surface area contributed by atoms with Crippen molar-refractivity contribution in [1.82, 2.24) is 10.3 Å². The Morgan fingerprint density at radius 1 is 1.50 bits per heavy atom. The molecule has 18 heavy (non-hydrogen) atoms. The molecule has 2 N–H and O–H groups in total. The third-order valence-electron chi connectivity index (χ3n) is 2.87. The van der Waals surface area contributed by atoms with Gasteiger partial charge in [-0.05, 0) is 18.1 Å². The number of aromatic nitrogens is 1. The average molecular weight is 267 g/mol. The summed E-state index contributed by atoms with van der Waals surface area (Å²) in [5.41, 5.74) is 1.04. The van der Waals surface area contributed by atoms with Gasteiger partial charge in [0.05, 0.1) is 0 Å². The molecule has 0 saturated carbocycles. The first-order valence-electron chi connectivity index (χ1n) is 6.16. The number of rotatable bonds is 6. The number of allylic oxidation sites excluding steroid dienone is 2. The fourth-order valence-corrected chi connectivity index (χ4v) is 2.30. The van der Waals surface area contributed by atoms with Crippen LogP contribution in [-0.2, 0) is 0 Å². The zero-order valence-corrected chi connectivity index (χ0v) is 11.3. The molecule has 0 aromatic carbocycles. The van der Waals surface area contributed by atoms with Gasteiger partial charge in [-0.15, -0.1) is 11.3 Å². The Morgan fingerprint density at radius 3 is 3.11 bits per heavy atom. The highest BCUT2D eigenvalue weighted by Gasteiger charge is 2.12. The summed E-state index contributed by atoms with van der Waals surface area (Å²) in [4.78, 5) is 4.13. The molecule has 1 heterocycles. The summed E-state index contributed by atoms with van der Waals surface area (Å²) in [6.07, 6.45) is 6.34. The van der Waals surface area contributed by atoms with Gasteiger partial charge in [0.25, 0.3) is 0 Å². The normalized spacial score (nSPS) is 19.3. The molecule has 1 aliphatic rings. The van der Waals surface area contributed by atoms with E-state index in [9.17, 15) is 4.39 Å². The van der Waals surface area contributed by atoms with Gasteiger partial charge in [0.15, 0.2) is 5.13 Å². The smallest absolute Gasteiger partial charge is 0.182 e. The first-order chi connectivity index (χ1) is 8.75. The van der Waals surface area contributed by atoms with Crippen LogP contribution in [0.2, 0.25) is 0 Å². The van der Waals surface area contributed by atoms with E-state index in [4.69, 9.17) is 0 Å². The van der Waals surface area contributed by atoms with Gasteiger partial charge in [-0.3, -0.25) is 0 Å². The van der Waals surface area contributed by atoms with Crippen molar-refractivity contribution < 1.29 is 4.39 Å². The molecule has 5 heteroatoms. The van der Waals surface area contributed by atoms with Crippen molar-refractivity contribution >= 4 is 16.5 Å². The number of thiazole rings is 1. The van der Waals surface area contributed by atoms with Crippen LogP contribution in [0.1, 0.15) is 13.3 Å². The lowest BCUT2D eigenvalue weighted by atomic mass is 9.97. The second-order valence-corrected chi connectivity index (χ2v) is 5.28. The first kappa shape index (κ1) is 13.2. The van der Waals surface area contributed by atoms with Gasteiger partial charge >= 0.3 is 0 Å². The van der Waals surface area contributed by atoms with E-state index in [1.807, 2.05) is 12.3 Å². The molecule has 1 aromatic rings. The summed E-state index contributed by atoms with van der Waals surface area (Å²) in [6.45, 7) is 4.29. The summed E-state index contributed by atoms with van der Waals surface area (Å²) in [6, 6.07) is 0. The zero-order chi connectivity index (χ0) is 12.8. The Morgan fingerprint density at radius 2 is 2.39 bits per heavy atom. The number of hydrogen-bond acceptors (Lipinski definition) is 4. The quantitative estimate of drug-likeness (QED) is 0.778. The summed E-state index contributed by atoms with van der Waals surface area (Å²) in [7, 11) is 0. The largest absolute Gasteiger partial charge is 0.360 e. The maximum atomic E-state index is 13.4. The van der Waals surface area contributed by atoms with E-state index < -0.39 is 0 Å². The maximum absolute atomic E-state index is 13.4. The molecule has 1 aliphatic carbocycles. The van der Waals surface area contributed by atoms with Crippen molar-refractivity contribution in [3.8, 4) is 0 Å². The molecule has 98 valence electrons. The predicted molar refractivity (Wildman–Crippen MR) is 74.5 cm³/mol. The first-order valence-corrected chi connectivity index (χ1v) is 7.04. The molecule has 1 aromatic heterocycles. The van der Waals surface area contributed by atoms with Crippen LogP contribution in [0.25, 0.3) is 0 Å². The number of hydrogen-bond donors (Lipinski definition) is 2. The SMILES string of the molecule is CC1CC=C(CNCCNc2nccs2)C=C1F.